The molecule has 0 rings (SSSR count). The van der Waals surface area contributed by atoms with Crippen molar-refractivity contribution in [1.82, 2.24) is 0 Å². The van der Waals surface area contributed by atoms with Crippen LogP contribution in [0.4, 0.5) is 0 Å². The molecule has 0 aromatic rings. The monoisotopic (exact) mass is 80.0 g/mol. The van der Waals surface area contributed by atoms with Crippen molar-refractivity contribution in [3.63, 3.8) is 0 Å². The minimum Gasteiger partial charge on any atom is -1.00 e. The first kappa shape index (κ1) is 16.3. The van der Waals surface area contributed by atoms with E-state index in [0.717, 1.165) is 0 Å². The minimum absolute atomic E-state index is 0. The molecule has 22 valence electrons. The van der Waals surface area contributed by atoms with Crippen molar-refractivity contribution in [3.05, 3.63) is 0 Å². The van der Waals surface area contributed by atoms with E-state index in [4.69, 9.17) is 9.46 Å². The van der Waals surface area contributed by atoms with Crippen LogP contribution in [-0.2, 0) is 4.57 Å². The fourth-order valence-corrected chi connectivity index (χ4v) is 0. The molecule has 0 saturated carbocycles. The van der Waals surface area contributed by atoms with E-state index in [1.807, 2.05) is 0 Å². The minimum atomic E-state index is -0.833. The van der Waals surface area contributed by atoms with Crippen LogP contribution in [0.3, 0.4) is 0 Å². The van der Waals surface area contributed by atoms with Gasteiger partial charge in [-0.25, -0.2) is 4.57 Å². The average Bonchev–Trinajstić information content (AvgIpc) is 0.918. The van der Waals surface area contributed by atoms with Crippen LogP contribution in [-0.4, -0.2) is 4.89 Å². The zero-order valence-corrected chi connectivity index (χ0v) is 4.20. The van der Waals surface area contributed by atoms with E-state index in [-0.39, 0.29) is 40.6 Å². The number of hydrogen-bond donors (Lipinski definition) is 1. The maximum absolute atomic E-state index is 8.46. The van der Waals surface area contributed by atoms with Gasteiger partial charge >= 0.3 is 46.4 Å². The predicted octanol–water partition coefficient (Wildman–Crippen LogP) is -5.58. The molecule has 0 saturated heterocycles. The van der Waals surface area contributed by atoms with Gasteiger partial charge in [0.25, 0.3) is 0 Å². The molecular formula is H3Li2O2P. The van der Waals surface area contributed by atoms with Crippen LogP contribution >= 0.6 is 8.69 Å². The number of rotatable bonds is 0. The van der Waals surface area contributed by atoms with Gasteiger partial charge < -0.3 is 7.75 Å². The molecule has 0 atom stereocenters. The summed E-state index contributed by atoms with van der Waals surface area (Å²) >= 11 is 0. The van der Waals surface area contributed by atoms with E-state index >= 15 is 0 Å². The van der Waals surface area contributed by atoms with Gasteiger partial charge in [-0.05, 0) is 0 Å². The first-order valence-corrected chi connectivity index (χ1v) is 1.15. The molecule has 0 heterocycles. The molecule has 2 nitrogen and oxygen atoms in total. The summed E-state index contributed by atoms with van der Waals surface area (Å²) in [6.45, 7) is 0. The van der Waals surface area contributed by atoms with Crippen molar-refractivity contribution in [2.45, 2.75) is 0 Å². The van der Waals surface area contributed by atoms with Crippen molar-refractivity contribution in [3.8, 4) is 0 Å². The van der Waals surface area contributed by atoms with E-state index in [1.165, 1.54) is 0 Å². The van der Waals surface area contributed by atoms with Crippen LogP contribution in [0.1, 0.15) is 2.85 Å². The molecule has 0 aromatic heterocycles. The van der Waals surface area contributed by atoms with Crippen LogP contribution in [0.2, 0.25) is 0 Å². The van der Waals surface area contributed by atoms with Crippen molar-refractivity contribution < 1.29 is 50.0 Å². The molecule has 5 heteroatoms. The van der Waals surface area contributed by atoms with Gasteiger partial charge in [-0.2, -0.15) is 0 Å². The molecule has 0 radical (unpaired) electrons. The van der Waals surface area contributed by atoms with E-state index in [1.54, 1.807) is 0 Å². The first-order chi connectivity index (χ1) is 1.41. The molecule has 0 amide bonds. The molecule has 0 unspecified atom stereocenters. The quantitative estimate of drug-likeness (QED) is 0.232. The second-order valence-corrected chi connectivity index (χ2v) is 0.245. The van der Waals surface area contributed by atoms with Crippen LogP contribution in [0.5, 0.6) is 0 Å². The summed E-state index contributed by atoms with van der Waals surface area (Å²) in [7, 11) is -0.833. The van der Waals surface area contributed by atoms with Gasteiger partial charge in [-0.3, -0.25) is 0 Å². The van der Waals surface area contributed by atoms with Gasteiger partial charge in [0.1, 0.15) is 0 Å². The van der Waals surface area contributed by atoms with E-state index in [2.05, 4.69) is 0 Å². The SMILES string of the molecule is O=PO.[H-].[H-].[Li+].[Li+]. The fraction of sp³-hybridized carbons (Fsp3) is 0. The molecule has 1 N–H and O–H groups in total. The van der Waals surface area contributed by atoms with Crippen molar-refractivity contribution in [1.29, 1.82) is 0 Å². The normalized spacial score (nSPS) is 4.20. The summed E-state index contributed by atoms with van der Waals surface area (Å²) in [4.78, 5) is 6.99. The summed E-state index contributed by atoms with van der Waals surface area (Å²) in [6.07, 6.45) is 0. The van der Waals surface area contributed by atoms with E-state index in [0.29, 0.717) is 0 Å². The first-order valence-electron chi connectivity index (χ1n) is 0.383. The van der Waals surface area contributed by atoms with Crippen LogP contribution in [0, 0.1) is 0 Å². The molecule has 0 bridgehead atoms. The van der Waals surface area contributed by atoms with Gasteiger partial charge in [0.15, 0.2) is 0 Å². The van der Waals surface area contributed by atoms with Crippen LogP contribution in [0.25, 0.3) is 0 Å². The third-order valence-electron chi connectivity index (χ3n) is 0. The molecule has 0 aliphatic heterocycles. The summed E-state index contributed by atoms with van der Waals surface area (Å²) in [5, 5.41) is 0. The molecule has 0 aromatic carbocycles. The Labute approximate surface area is 58.9 Å². The third kappa shape index (κ3) is 35.4. The largest absolute Gasteiger partial charge is 1.00 e. The summed E-state index contributed by atoms with van der Waals surface area (Å²) in [5.74, 6) is 0. The predicted molar refractivity (Wildman–Crippen MR) is 12.0 cm³/mol. The molecule has 0 aliphatic rings. The molecular weight excluding hydrogens is 76.9 g/mol. The Balaban J connectivity index is -0.00000000333. The zero-order chi connectivity index (χ0) is 2.71. The van der Waals surface area contributed by atoms with Crippen LogP contribution in [0.15, 0.2) is 0 Å². The van der Waals surface area contributed by atoms with Gasteiger partial charge in [-0.1, -0.05) is 0 Å². The Hall–Kier alpha value is 1.25. The van der Waals surface area contributed by atoms with Gasteiger partial charge in [0.05, 0.1) is 0 Å². The van der Waals surface area contributed by atoms with Gasteiger partial charge in [0, 0.05) is 0 Å². The Morgan fingerprint density at radius 1 is 1.60 bits per heavy atom. The van der Waals surface area contributed by atoms with Gasteiger partial charge in [0.2, 0.25) is 0 Å². The standard InChI is InChI=1S/2Li.HO2P.2H/c;;1-3-2;;/h;;(H,1,2);;/q2*+1;;2*-1. The van der Waals surface area contributed by atoms with Crippen LogP contribution < -0.4 is 37.7 Å². The zero-order valence-electron chi connectivity index (χ0n) is 5.30. The van der Waals surface area contributed by atoms with E-state index < -0.39 is 8.69 Å². The molecule has 0 fully saturated rings. The summed E-state index contributed by atoms with van der Waals surface area (Å²) in [5.41, 5.74) is 0. The third-order valence-corrected chi connectivity index (χ3v) is 0. The second-order valence-electron chi connectivity index (χ2n) is 0.0816. The van der Waals surface area contributed by atoms with E-state index in [9.17, 15) is 0 Å². The summed E-state index contributed by atoms with van der Waals surface area (Å²) < 4.78 is 8.46. The summed E-state index contributed by atoms with van der Waals surface area (Å²) in [6, 6.07) is 0. The Morgan fingerprint density at radius 2 is 1.60 bits per heavy atom. The maximum Gasteiger partial charge on any atom is 1.00 e. The number of hydrogen-bond acceptors (Lipinski definition) is 1. The molecule has 5 heavy (non-hydrogen) atoms. The average molecular weight is 79.9 g/mol. The fourth-order valence-electron chi connectivity index (χ4n) is 0. The molecule has 0 spiro atoms. The van der Waals surface area contributed by atoms with Crippen molar-refractivity contribution in [2.75, 3.05) is 0 Å². The van der Waals surface area contributed by atoms with Crippen molar-refractivity contribution >= 4 is 8.69 Å². The Morgan fingerprint density at radius 3 is 1.60 bits per heavy atom. The second kappa shape index (κ2) is 18.7. The Kier molecular flexibility index (Phi) is 61.0. The molecule has 0 aliphatic carbocycles. The maximum atomic E-state index is 8.46. The smallest absolute Gasteiger partial charge is 1.00 e. The van der Waals surface area contributed by atoms with Gasteiger partial charge in [-0.15, -0.1) is 0 Å². The van der Waals surface area contributed by atoms with Crippen molar-refractivity contribution in [2.24, 2.45) is 0 Å². The Bertz CT molecular complexity index is 21.2. The topological polar surface area (TPSA) is 37.3 Å².